The predicted octanol–water partition coefficient (Wildman–Crippen LogP) is 16.3. The van der Waals surface area contributed by atoms with Gasteiger partial charge in [-0.25, -0.2) is 0 Å². The summed E-state index contributed by atoms with van der Waals surface area (Å²) in [6.45, 7) is 2.10. The summed E-state index contributed by atoms with van der Waals surface area (Å²) in [5.74, 6) is 3.23. The summed E-state index contributed by atoms with van der Waals surface area (Å²) in [4.78, 5) is 0. The second-order valence-corrected chi connectivity index (χ2v) is 17.8. The zero-order valence-electron chi connectivity index (χ0n) is 34.2. The molecule has 6 aliphatic carbocycles. The van der Waals surface area contributed by atoms with Crippen LogP contribution in [0.3, 0.4) is 0 Å². The monoisotopic (exact) mass is 764 g/mol. The number of rotatable bonds is 6. The van der Waals surface area contributed by atoms with E-state index >= 15 is 0 Å². The van der Waals surface area contributed by atoms with E-state index in [1.165, 1.54) is 101 Å². The van der Waals surface area contributed by atoms with Gasteiger partial charge < -0.3 is 4.42 Å². The summed E-state index contributed by atoms with van der Waals surface area (Å²) >= 11 is 0. The third-order valence-electron chi connectivity index (χ3n) is 14.3. The topological polar surface area (TPSA) is 13.1 Å². The minimum absolute atomic E-state index is 0.793. The van der Waals surface area contributed by atoms with Crippen LogP contribution in [0.5, 0.6) is 0 Å². The number of fused-ring (bicyclic) bond motifs is 7. The first-order chi connectivity index (χ1) is 29.1. The lowest BCUT2D eigenvalue weighted by atomic mass is 9.59. The Labute approximate surface area is 349 Å². The van der Waals surface area contributed by atoms with Gasteiger partial charge in [-0.1, -0.05) is 163 Å². The number of hydrogen-bond acceptors (Lipinski definition) is 1. The van der Waals surface area contributed by atoms with Crippen LogP contribution in [0.1, 0.15) is 114 Å². The number of aryl methyl sites for hydroxylation is 1. The molecule has 2 saturated carbocycles. The summed E-state index contributed by atoms with van der Waals surface area (Å²) in [6, 6.07) is 55.1. The summed E-state index contributed by atoms with van der Waals surface area (Å²) in [7, 11) is 0. The first-order valence-electron chi connectivity index (χ1n) is 22.2. The summed E-state index contributed by atoms with van der Waals surface area (Å²) in [5, 5.41) is 2.36. The summed E-state index contributed by atoms with van der Waals surface area (Å²) in [5.41, 5.74) is 21.0. The molecular weight excluding hydrogens is 713 g/mol. The maximum Gasteiger partial charge on any atom is 0.143 e. The van der Waals surface area contributed by atoms with E-state index in [2.05, 4.69) is 159 Å². The fraction of sp³-hybridized carbons (Fsp3) is 0.241. The second kappa shape index (κ2) is 15.4. The first-order valence-corrected chi connectivity index (χ1v) is 22.2. The van der Waals surface area contributed by atoms with Crippen LogP contribution in [0.15, 0.2) is 162 Å². The van der Waals surface area contributed by atoms with Gasteiger partial charge in [0, 0.05) is 16.3 Å². The second-order valence-electron chi connectivity index (χ2n) is 17.8. The van der Waals surface area contributed by atoms with Crippen molar-refractivity contribution in [3.05, 3.63) is 197 Å². The number of allylic oxidation sites excluding steroid dienone is 1. The van der Waals surface area contributed by atoms with Gasteiger partial charge in [-0.3, -0.25) is 0 Å². The molecule has 1 heteroatoms. The van der Waals surface area contributed by atoms with Gasteiger partial charge in [0.05, 0.1) is 0 Å². The lowest BCUT2D eigenvalue weighted by molar-refractivity contribution is 0.342. The maximum absolute atomic E-state index is 6.07. The Kier molecular flexibility index (Phi) is 9.41. The third kappa shape index (κ3) is 6.75. The van der Waals surface area contributed by atoms with E-state index in [0.717, 1.165) is 46.8 Å². The predicted molar refractivity (Wildman–Crippen MR) is 248 cm³/mol. The quantitative estimate of drug-likeness (QED) is 0.164. The smallest absolute Gasteiger partial charge is 0.143 e. The number of hydrogen-bond donors (Lipinski definition) is 0. The SMILES string of the molecule is C(=C\c1ccc(-c2ccccc2)cc1)/Cc1ccc(-c2c3c(cc4c2C2CCC4CC2)C2CCC3CC2)cc1.Cc1ccc(-c2cccc3c2oc2ccccc23)cc1. The minimum atomic E-state index is 0.793. The Bertz CT molecular complexity index is 2740. The molecule has 6 aliphatic rings. The van der Waals surface area contributed by atoms with Crippen molar-refractivity contribution in [2.75, 3.05) is 0 Å². The number of furan rings is 1. The van der Waals surface area contributed by atoms with E-state index in [0.29, 0.717) is 0 Å². The molecule has 290 valence electrons. The highest BCUT2D eigenvalue weighted by Crippen LogP contribution is 2.59. The molecule has 0 N–H and O–H groups in total. The van der Waals surface area contributed by atoms with Crippen molar-refractivity contribution < 1.29 is 4.42 Å². The molecule has 0 unspecified atom stereocenters. The van der Waals surface area contributed by atoms with Gasteiger partial charge in [-0.2, -0.15) is 0 Å². The van der Waals surface area contributed by atoms with Crippen LogP contribution in [0.4, 0.5) is 0 Å². The lowest BCUT2D eigenvalue weighted by Crippen LogP contribution is -2.28. The van der Waals surface area contributed by atoms with Crippen molar-refractivity contribution in [3.63, 3.8) is 0 Å². The van der Waals surface area contributed by atoms with Gasteiger partial charge in [0.15, 0.2) is 0 Å². The number of para-hydroxylation sites is 2. The van der Waals surface area contributed by atoms with Crippen LogP contribution < -0.4 is 0 Å². The highest BCUT2D eigenvalue weighted by Gasteiger charge is 2.41. The zero-order chi connectivity index (χ0) is 39.3. The fourth-order valence-electron chi connectivity index (χ4n) is 11.3. The van der Waals surface area contributed by atoms with Crippen LogP contribution >= 0.6 is 0 Å². The Morgan fingerprint density at radius 1 is 0.492 bits per heavy atom. The molecule has 1 heterocycles. The number of benzene rings is 7. The Balaban J connectivity index is 0.000000166. The average molecular weight is 765 g/mol. The molecule has 1 nitrogen and oxygen atoms in total. The Morgan fingerprint density at radius 3 is 1.73 bits per heavy atom. The van der Waals surface area contributed by atoms with Gasteiger partial charge in [0.2, 0.25) is 0 Å². The molecule has 0 atom stereocenters. The molecule has 4 bridgehead atoms. The molecule has 8 aromatic rings. The fourth-order valence-corrected chi connectivity index (χ4v) is 11.3. The van der Waals surface area contributed by atoms with Crippen molar-refractivity contribution >= 4 is 28.0 Å². The third-order valence-corrected chi connectivity index (χ3v) is 14.3. The summed E-state index contributed by atoms with van der Waals surface area (Å²) in [6.07, 6.45) is 16.9. The molecule has 2 fully saturated rings. The lowest BCUT2D eigenvalue weighted by Gasteiger charge is -2.46. The first kappa shape index (κ1) is 36.2. The standard InChI is InChI=1S/C39H38.C19H14O/c1-2-7-28(8-3-1)29-13-9-26(10-14-29)5-4-6-27-11-15-34(16-12-27)39-37-32-21-17-30(18-22-32)35(37)25-36-31-19-23-33(24-20-31)38(36)39;1-13-9-11-14(12-10-13)15-6-4-7-17-16-5-2-3-8-18(16)20-19(15)17/h1-5,7-16,25,30-33H,6,17-24H2;2-12H,1H3/b5-4+;. The molecular formula is C58H52O. The molecule has 0 spiro atoms. The Morgan fingerprint density at radius 2 is 1.05 bits per heavy atom. The van der Waals surface area contributed by atoms with E-state index in [1.54, 1.807) is 27.8 Å². The van der Waals surface area contributed by atoms with Gasteiger partial charge in [-0.05, 0) is 156 Å². The van der Waals surface area contributed by atoms with E-state index in [1.807, 2.05) is 12.1 Å². The van der Waals surface area contributed by atoms with Crippen LogP contribution in [0.25, 0.3) is 61.4 Å². The van der Waals surface area contributed by atoms with Gasteiger partial charge in [-0.15, -0.1) is 0 Å². The molecule has 1 aromatic heterocycles. The zero-order valence-corrected chi connectivity index (χ0v) is 34.2. The molecule has 0 radical (unpaired) electrons. The van der Waals surface area contributed by atoms with Crippen molar-refractivity contribution in [3.8, 4) is 33.4 Å². The van der Waals surface area contributed by atoms with E-state index < -0.39 is 0 Å². The highest BCUT2D eigenvalue weighted by atomic mass is 16.3. The van der Waals surface area contributed by atoms with Crippen molar-refractivity contribution in [2.24, 2.45) is 0 Å². The van der Waals surface area contributed by atoms with Crippen LogP contribution in [-0.4, -0.2) is 0 Å². The summed E-state index contributed by atoms with van der Waals surface area (Å²) < 4.78 is 6.07. The minimum Gasteiger partial charge on any atom is -0.455 e. The van der Waals surface area contributed by atoms with Crippen molar-refractivity contribution in [1.29, 1.82) is 0 Å². The van der Waals surface area contributed by atoms with Crippen molar-refractivity contribution in [2.45, 2.75) is 88.4 Å². The van der Waals surface area contributed by atoms with Gasteiger partial charge >= 0.3 is 0 Å². The molecule has 7 aromatic carbocycles. The van der Waals surface area contributed by atoms with Gasteiger partial charge in [0.25, 0.3) is 0 Å². The molecule has 0 amide bonds. The average Bonchev–Trinajstić information content (AvgIpc) is 3.70. The van der Waals surface area contributed by atoms with Crippen molar-refractivity contribution in [1.82, 2.24) is 0 Å². The van der Waals surface area contributed by atoms with Crippen LogP contribution in [0, 0.1) is 6.92 Å². The molecule has 14 rings (SSSR count). The van der Waals surface area contributed by atoms with E-state index in [-0.39, 0.29) is 0 Å². The largest absolute Gasteiger partial charge is 0.455 e. The molecule has 0 saturated heterocycles. The maximum atomic E-state index is 6.07. The van der Waals surface area contributed by atoms with Crippen LogP contribution in [-0.2, 0) is 6.42 Å². The Hall–Kier alpha value is -5.92. The van der Waals surface area contributed by atoms with Crippen LogP contribution in [0.2, 0.25) is 0 Å². The molecule has 59 heavy (non-hydrogen) atoms. The normalized spacial score (nSPS) is 20.1. The highest BCUT2D eigenvalue weighted by molar-refractivity contribution is 6.09. The van der Waals surface area contributed by atoms with E-state index in [9.17, 15) is 0 Å². The molecule has 0 aliphatic heterocycles. The van der Waals surface area contributed by atoms with E-state index in [4.69, 9.17) is 4.42 Å². The van der Waals surface area contributed by atoms with Gasteiger partial charge in [0.1, 0.15) is 11.2 Å².